The summed E-state index contributed by atoms with van der Waals surface area (Å²) >= 11 is 0. The van der Waals surface area contributed by atoms with Gasteiger partial charge in [0.25, 0.3) is 11.8 Å². The van der Waals surface area contributed by atoms with E-state index in [1.165, 1.54) is 0 Å². The van der Waals surface area contributed by atoms with E-state index in [0.29, 0.717) is 37.7 Å². The number of amides is 1. The normalized spacial score (nSPS) is 25.5. The molecule has 142 valence electrons. The number of carboxylic acid groups (broad SMARTS) is 1. The van der Waals surface area contributed by atoms with Crippen molar-refractivity contribution in [2.75, 3.05) is 19.8 Å². The Morgan fingerprint density at radius 2 is 1.93 bits per heavy atom. The van der Waals surface area contributed by atoms with Crippen LogP contribution in [-0.2, 0) is 19.1 Å². The lowest BCUT2D eigenvalue weighted by atomic mass is 10.1. The van der Waals surface area contributed by atoms with Crippen molar-refractivity contribution in [3.63, 3.8) is 0 Å². The molecule has 27 heavy (non-hydrogen) atoms. The molecule has 1 amide bonds. The van der Waals surface area contributed by atoms with Crippen LogP contribution in [0.4, 0.5) is 0 Å². The third-order valence-corrected chi connectivity index (χ3v) is 4.74. The average Bonchev–Trinajstić information content (AvgIpc) is 3.38. The van der Waals surface area contributed by atoms with Gasteiger partial charge in [0, 0.05) is 12.1 Å². The number of carboxylic acids is 1. The molecule has 3 atom stereocenters. The second kappa shape index (κ2) is 7.45. The summed E-state index contributed by atoms with van der Waals surface area (Å²) in [6.45, 7) is 0.992. The average molecular weight is 373 g/mol. The second-order valence-electron chi connectivity index (χ2n) is 6.48. The number of carbonyl (C=O) groups is 2. The van der Waals surface area contributed by atoms with E-state index in [-0.39, 0.29) is 12.5 Å². The van der Waals surface area contributed by atoms with Crippen LogP contribution in [0.15, 0.2) is 34.9 Å². The second-order valence-corrected chi connectivity index (χ2v) is 6.48. The number of rotatable bonds is 4. The van der Waals surface area contributed by atoms with Crippen LogP contribution >= 0.6 is 0 Å². The molecule has 2 fully saturated rings. The molecule has 0 saturated carbocycles. The zero-order chi connectivity index (χ0) is 18.8. The first-order chi connectivity index (χ1) is 13.1. The van der Waals surface area contributed by atoms with Gasteiger partial charge in [-0.05, 0) is 25.0 Å². The van der Waals surface area contributed by atoms with E-state index in [4.69, 9.17) is 19.1 Å². The summed E-state index contributed by atoms with van der Waals surface area (Å²) in [7, 11) is 0. The van der Waals surface area contributed by atoms with Gasteiger partial charge in [-0.1, -0.05) is 23.4 Å². The lowest BCUT2D eigenvalue weighted by Gasteiger charge is -2.35. The maximum Gasteiger partial charge on any atom is 0.332 e. The van der Waals surface area contributed by atoms with Crippen molar-refractivity contribution in [3.05, 3.63) is 36.2 Å². The largest absolute Gasteiger partial charge is 0.479 e. The monoisotopic (exact) mass is 373 g/mol. The number of carbonyl (C=O) groups excluding carboxylic acids is 1. The minimum Gasteiger partial charge on any atom is -0.479 e. The summed E-state index contributed by atoms with van der Waals surface area (Å²) in [5.41, 5.74) is 0.786. The number of aromatic nitrogens is 2. The van der Waals surface area contributed by atoms with Gasteiger partial charge in [0.1, 0.15) is 12.1 Å². The molecule has 2 aliphatic rings. The molecule has 2 saturated heterocycles. The molecular formula is C18H19N3O6. The Labute approximate surface area is 154 Å². The number of ether oxygens (including phenoxy) is 2. The molecular weight excluding hydrogens is 354 g/mol. The fourth-order valence-electron chi connectivity index (χ4n) is 3.34. The van der Waals surface area contributed by atoms with Crippen molar-refractivity contribution in [1.29, 1.82) is 0 Å². The Morgan fingerprint density at radius 1 is 1.15 bits per heavy atom. The predicted molar refractivity (Wildman–Crippen MR) is 90.5 cm³/mol. The van der Waals surface area contributed by atoms with E-state index in [1.807, 2.05) is 30.3 Å². The van der Waals surface area contributed by atoms with Crippen LogP contribution in [0.3, 0.4) is 0 Å². The molecule has 1 aromatic carbocycles. The zero-order valence-electron chi connectivity index (χ0n) is 14.5. The number of benzene rings is 1. The van der Waals surface area contributed by atoms with E-state index in [9.17, 15) is 9.59 Å². The van der Waals surface area contributed by atoms with Crippen molar-refractivity contribution in [2.24, 2.45) is 0 Å². The van der Waals surface area contributed by atoms with E-state index < -0.39 is 24.2 Å². The van der Waals surface area contributed by atoms with Gasteiger partial charge >= 0.3 is 5.97 Å². The SMILES string of the molecule is O=C(O)[C@H]1CC[C@@H](C(=O)N2CCOCC2c2noc(-c3ccccc3)n2)O1. The van der Waals surface area contributed by atoms with Gasteiger partial charge < -0.3 is 24.0 Å². The van der Waals surface area contributed by atoms with E-state index in [2.05, 4.69) is 10.1 Å². The van der Waals surface area contributed by atoms with Crippen molar-refractivity contribution >= 4 is 11.9 Å². The number of nitrogens with zero attached hydrogens (tertiary/aromatic N) is 3. The Balaban J connectivity index is 1.52. The molecule has 2 aliphatic heterocycles. The van der Waals surface area contributed by atoms with Gasteiger partial charge in [-0.25, -0.2) is 4.79 Å². The molecule has 3 heterocycles. The summed E-state index contributed by atoms with van der Waals surface area (Å²) in [5.74, 6) is -0.589. The smallest absolute Gasteiger partial charge is 0.332 e. The van der Waals surface area contributed by atoms with Gasteiger partial charge in [0.15, 0.2) is 11.9 Å². The fraction of sp³-hybridized carbons (Fsp3) is 0.444. The van der Waals surface area contributed by atoms with E-state index in [1.54, 1.807) is 4.90 Å². The first-order valence-corrected chi connectivity index (χ1v) is 8.79. The highest BCUT2D eigenvalue weighted by molar-refractivity contribution is 5.83. The Hall–Kier alpha value is -2.78. The summed E-state index contributed by atoms with van der Waals surface area (Å²) in [5, 5.41) is 13.1. The standard InChI is InChI=1S/C18H19N3O6/c22-17(13-6-7-14(26-13)18(23)24)21-8-9-25-10-12(21)15-19-16(27-20-15)11-4-2-1-3-5-11/h1-5,12-14H,6-10H2,(H,23,24)/t12?,13-,14+/m0/s1. The lowest BCUT2D eigenvalue weighted by molar-refractivity contribution is -0.159. The van der Waals surface area contributed by atoms with Crippen LogP contribution in [0.2, 0.25) is 0 Å². The van der Waals surface area contributed by atoms with E-state index >= 15 is 0 Å². The van der Waals surface area contributed by atoms with Gasteiger partial charge in [-0.3, -0.25) is 4.79 Å². The highest BCUT2D eigenvalue weighted by Gasteiger charge is 2.41. The third kappa shape index (κ3) is 3.56. The minimum atomic E-state index is -1.05. The van der Waals surface area contributed by atoms with Crippen molar-refractivity contribution < 1.29 is 28.7 Å². The van der Waals surface area contributed by atoms with Crippen LogP contribution in [-0.4, -0.2) is 64.0 Å². The van der Waals surface area contributed by atoms with Crippen molar-refractivity contribution in [2.45, 2.75) is 31.1 Å². The first-order valence-electron chi connectivity index (χ1n) is 8.79. The van der Waals surface area contributed by atoms with Crippen LogP contribution in [0, 0.1) is 0 Å². The van der Waals surface area contributed by atoms with Crippen LogP contribution in [0.5, 0.6) is 0 Å². The molecule has 2 aromatic rings. The molecule has 1 aromatic heterocycles. The van der Waals surface area contributed by atoms with E-state index in [0.717, 1.165) is 5.56 Å². The molecule has 1 unspecified atom stereocenters. The number of hydrogen-bond acceptors (Lipinski definition) is 7. The first kappa shape index (κ1) is 17.6. The lowest BCUT2D eigenvalue weighted by Crippen LogP contribution is -2.48. The molecule has 1 N–H and O–H groups in total. The Morgan fingerprint density at radius 3 is 2.67 bits per heavy atom. The van der Waals surface area contributed by atoms with Crippen LogP contribution in [0.1, 0.15) is 24.7 Å². The highest BCUT2D eigenvalue weighted by Crippen LogP contribution is 2.29. The summed E-state index contributed by atoms with van der Waals surface area (Å²) in [6, 6.07) is 8.85. The van der Waals surface area contributed by atoms with Crippen LogP contribution in [0.25, 0.3) is 11.5 Å². The molecule has 4 rings (SSSR count). The number of hydrogen-bond donors (Lipinski definition) is 1. The molecule has 0 bridgehead atoms. The summed E-state index contributed by atoms with van der Waals surface area (Å²) < 4.78 is 16.2. The minimum absolute atomic E-state index is 0.245. The van der Waals surface area contributed by atoms with Crippen molar-refractivity contribution in [1.82, 2.24) is 15.0 Å². The van der Waals surface area contributed by atoms with Crippen LogP contribution < -0.4 is 0 Å². The molecule has 9 heteroatoms. The molecule has 0 spiro atoms. The maximum absolute atomic E-state index is 12.9. The maximum atomic E-state index is 12.9. The van der Waals surface area contributed by atoms with Gasteiger partial charge in [-0.15, -0.1) is 0 Å². The predicted octanol–water partition coefficient (Wildman–Crippen LogP) is 1.27. The molecule has 0 aliphatic carbocycles. The molecule has 9 nitrogen and oxygen atoms in total. The topological polar surface area (TPSA) is 115 Å². The summed E-state index contributed by atoms with van der Waals surface area (Å²) in [6.07, 6.45) is -1.01. The highest BCUT2D eigenvalue weighted by atomic mass is 16.5. The zero-order valence-corrected chi connectivity index (χ0v) is 14.5. The van der Waals surface area contributed by atoms with Gasteiger partial charge in [-0.2, -0.15) is 4.98 Å². The summed E-state index contributed by atoms with van der Waals surface area (Å²) in [4.78, 5) is 30.0. The Kier molecular flexibility index (Phi) is 4.87. The third-order valence-electron chi connectivity index (χ3n) is 4.74. The Bertz CT molecular complexity index is 824. The quantitative estimate of drug-likeness (QED) is 0.852. The van der Waals surface area contributed by atoms with Gasteiger partial charge in [0.05, 0.1) is 13.2 Å². The van der Waals surface area contributed by atoms with Gasteiger partial charge in [0.2, 0.25) is 0 Å². The fourth-order valence-corrected chi connectivity index (χ4v) is 3.34. The number of aliphatic carboxylic acids is 1. The number of morpholine rings is 1. The van der Waals surface area contributed by atoms with Crippen molar-refractivity contribution in [3.8, 4) is 11.5 Å². The molecule has 0 radical (unpaired) electrons.